The van der Waals surface area contributed by atoms with E-state index < -0.39 is 17.6 Å². The zero-order valence-electron chi connectivity index (χ0n) is 8.76. The summed E-state index contributed by atoms with van der Waals surface area (Å²) in [6.07, 6.45) is -0.0572. The van der Waals surface area contributed by atoms with Crippen LogP contribution < -0.4 is 10.6 Å². The molecule has 0 saturated carbocycles. The average molecular weight is 188 g/mol. The average Bonchev–Trinajstić information content (AvgIpc) is 1.97. The molecule has 78 valence electrons. The maximum Gasteiger partial charge on any atom is 0.163 e. The molecule has 4 heteroatoms. The molecule has 0 aliphatic carbocycles. The van der Waals surface area contributed by atoms with E-state index in [-0.39, 0.29) is 5.92 Å². The Morgan fingerprint density at radius 2 is 1.92 bits per heavy atom. The third-order valence-corrected chi connectivity index (χ3v) is 3.13. The fourth-order valence-corrected chi connectivity index (χ4v) is 1.98. The molecular weight excluding hydrogens is 168 g/mol. The van der Waals surface area contributed by atoms with Gasteiger partial charge in [0.1, 0.15) is 5.66 Å². The predicted octanol–water partition coefficient (Wildman–Crippen LogP) is -0.0316. The highest BCUT2D eigenvalue weighted by atomic mass is 16.3. The van der Waals surface area contributed by atoms with Crippen LogP contribution in [0.1, 0.15) is 34.1 Å². The van der Waals surface area contributed by atoms with Gasteiger partial charge in [0.05, 0.1) is 5.60 Å². The van der Waals surface area contributed by atoms with Crippen molar-refractivity contribution < 1.29 is 10.2 Å². The molecule has 1 heterocycles. The van der Waals surface area contributed by atoms with Crippen LogP contribution >= 0.6 is 0 Å². The first-order valence-corrected chi connectivity index (χ1v) is 4.81. The van der Waals surface area contributed by atoms with Gasteiger partial charge in [-0.3, -0.25) is 10.6 Å². The van der Waals surface area contributed by atoms with Gasteiger partial charge in [-0.15, -0.1) is 0 Å². The maximum atomic E-state index is 10.1. The first-order chi connectivity index (χ1) is 5.85. The van der Waals surface area contributed by atoms with Crippen LogP contribution in [0.4, 0.5) is 0 Å². The van der Waals surface area contributed by atoms with Crippen LogP contribution in [-0.4, -0.2) is 27.8 Å². The number of nitrogens with one attached hydrogen (secondary N) is 2. The Bertz CT molecular complexity index is 186. The van der Waals surface area contributed by atoms with E-state index in [0.29, 0.717) is 6.42 Å². The van der Waals surface area contributed by atoms with Gasteiger partial charge in [-0.25, -0.2) is 0 Å². The number of aliphatic hydroxyl groups excluding tert-OH is 1. The summed E-state index contributed by atoms with van der Waals surface area (Å²) in [6, 6.07) is 0. The van der Waals surface area contributed by atoms with E-state index in [1.54, 1.807) is 6.92 Å². The van der Waals surface area contributed by atoms with Crippen molar-refractivity contribution in [2.45, 2.75) is 51.7 Å². The predicted molar refractivity (Wildman–Crippen MR) is 50.8 cm³/mol. The Hall–Kier alpha value is -0.160. The minimum absolute atomic E-state index is 0.214. The summed E-state index contributed by atoms with van der Waals surface area (Å²) < 4.78 is 0. The molecule has 4 nitrogen and oxygen atoms in total. The Labute approximate surface area is 79.3 Å². The molecule has 1 aliphatic heterocycles. The van der Waals surface area contributed by atoms with Gasteiger partial charge in [0, 0.05) is 0 Å². The lowest BCUT2D eigenvalue weighted by Crippen LogP contribution is -2.86. The van der Waals surface area contributed by atoms with Crippen LogP contribution in [0.2, 0.25) is 0 Å². The van der Waals surface area contributed by atoms with Crippen molar-refractivity contribution in [3.63, 3.8) is 0 Å². The van der Waals surface area contributed by atoms with Gasteiger partial charge in [-0.2, -0.15) is 0 Å². The lowest BCUT2D eigenvalue weighted by Gasteiger charge is -2.58. The van der Waals surface area contributed by atoms with Crippen molar-refractivity contribution in [1.29, 1.82) is 0 Å². The molecule has 13 heavy (non-hydrogen) atoms. The maximum absolute atomic E-state index is 10.1. The molecule has 0 bridgehead atoms. The molecule has 1 fully saturated rings. The van der Waals surface area contributed by atoms with E-state index in [4.69, 9.17) is 5.11 Å². The summed E-state index contributed by atoms with van der Waals surface area (Å²) in [5.74, 6) is 0.214. The van der Waals surface area contributed by atoms with Crippen molar-refractivity contribution >= 4 is 0 Å². The van der Waals surface area contributed by atoms with E-state index in [1.165, 1.54) is 0 Å². The van der Waals surface area contributed by atoms with Gasteiger partial charge < -0.3 is 10.2 Å². The molecule has 4 N–H and O–H groups in total. The van der Waals surface area contributed by atoms with E-state index in [2.05, 4.69) is 10.6 Å². The zero-order valence-corrected chi connectivity index (χ0v) is 8.76. The van der Waals surface area contributed by atoms with Gasteiger partial charge in [0.15, 0.2) is 6.35 Å². The molecule has 0 amide bonds. The highest BCUT2D eigenvalue weighted by Gasteiger charge is 2.55. The minimum atomic E-state index is -0.847. The standard InChI is InChI=1S/C9H20N2O2/c1-5-8(4,13)9(6(2)3)10-7(12)11-9/h6-7,10-13H,5H2,1-4H3. The topological polar surface area (TPSA) is 64.5 Å². The molecule has 1 unspecified atom stereocenters. The Kier molecular flexibility index (Phi) is 2.69. The summed E-state index contributed by atoms with van der Waals surface area (Å²) in [6.45, 7) is 7.73. The van der Waals surface area contributed by atoms with Gasteiger partial charge in [0.25, 0.3) is 0 Å². The Morgan fingerprint density at radius 3 is 2.15 bits per heavy atom. The molecule has 0 aromatic heterocycles. The second-order valence-electron chi connectivity index (χ2n) is 4.28. The number of hydrogen-bond acceptors (Lipinski definition) is 4. The number of rotatable bonds is 3. The fraction of sp³-hybridized carbons (Fsp3) is 1.00. The van der Waals surface area contributed by atoms with Crippen LogP contribution in [-0.2, 0) is 0 Å². The third-order valence-electron chi connectivity index (χ3n) is 3.13. The van der Waals surface area contributed by atoms with E-state index in [1.807, 2.05) is 20.8 Å². The normalized spacial score (nSPS) is 38.5. The third kappa shape index (κ3) is 1.48. The Morgan fingerprint density at radius 1 is 1.46 bits per heavy atom. The van der Waals surface area contributed by atoms with Crippen LogP contribution in [0.15, 0.2) is 0 Å². The largest absolute Gasteiger partial charge is 0.387 e. The van der Waals surface area contributed by atoms with Crippen LogP contribution in [0.3, 0.4) is 0 Å². The summed E-state index contributed by atoms with van der Waals surface area (Å²) in [5.41, 5.74) is -1.40. The quantitative estimate of drug-likeness (QED) is 0.502. The summed E-state index contributed by atoms with van der Waals surface area (Å²) >= 11 is 0. The molecule has 0 aromatic carbocycles. The number of aliphatic hydroxyl groups is 2. The fourth-order valence-electron chi connectivity index (χ4n) is 1.98. The second-order valence-corrected chi connectivity index (χ2v) is 4.28. The molecule has 1 atom stereocenters. The van der Waals surface area contributed by atoms with Crippen LogP contribution in [0, 0.1) is 5.92 Å². The summed E-state index contributed by atoms with van der Waals surface area (Å²) in [5, 5.41) is 25.2. The smallest absolute Gasteiger partial charge is 0.163 e. The van der Waals surface area contributed by atoms with Crippen molar-refractivity contribution in [3.8, 4) is 0 Å². The highest BCUT2D eigenvalue weighted by Crippen LogP contribution is 2.34. The zero-order chi connectivity index (χ0) is 10.3. The highest BCUT2D eigenvalue weighted by molar-refractivity contribution is 5.08. The van der Waals surface area contributed by atoms with E-state index in [0.717, 1.165) is 0 Å². The lowest BCUT2D eigenvalue weighted by atomic mass is 9.76. The van der Waals surface area contributed by atoms with E-state index >= 15 is 0 Å². The van der Waals surface area contributed by atoms with Crippen molar-refractivity contribution in [3.05, 3.63) is 0 Å². The van der Waals surface area contributed by atoms with Crippen molar-refractivity contribution in [2.24, 2.45) is 5.92 Å². The number of hydrogen-bond donors (Lipinski definition) is 4. The summed E-state index contributed by atoms with van der Waals surface area (Å²) in [4.78, 5) is 0. The van der Waals surface area contributed by atoms with Crippen molar-refractivity contribution in [1.82, 2.24) is 10.6 Å². The Balaban J connectivity index is 2.81. The molecule has 1 saturated heterocycles. The monoisotopic (exact) mass is 188 g/mol. The van der Waals surface area contributed by atoms with E-state index in [9.17, 15) is 5.11 Å². The molecular formula is C9H20N2O2. The second kappa shape index (κ2) is 3.20. The lowest BCUT2D eigenvalue weighted by molar-refractivity contribution is -0.188. The van der Waals surface area contributed by atoms with Crippen LogP contribution in [0.5, 0.6) is 0 Å². The molecule has 0 aromatic rings. The summed E-state index contributed by atoms with van der Waals surface area (Å²) in [7, 11) is 0. The van der Waals surface area contributed by atoms with Gasteiger partial charge in [0.2, 0.25) is 0 Å². The minimum Gasteiger partial charge on any atom is -0.387 e. The van der Waals surface area contributed by atoms with Gasteiger partial charge in [-0.05, 0) is 19.3 Å². The SMILES string of the molecule is CCC(C)(O)C1(C(C)C)NC(O)N1. The molecule has 1 aliphatic rings. The molecule has 0 spiro atoms. The van der Waals surface area contributed by atoms with Crippen molar-refractivity contribution in [2.75, 3.05) is 0 Å². The van der Waals surface area contributed by atoms with Crippen LogP contribution in [0.25, 0.3) is 0 Å². The molecule has 1 rings (SSSR count). The first kappa shape index (κ1) is 10.9. The van der Waals surface area contributed by atoms with Gasteiger partial charge in [-0.1, -0.05) is 20.8 Å². The molecule has 0 radical (unpaired) electrons. The first-order valence-electron chi connectivity index (χ1n) is 4.81. The van der Waals surface area contributed by atoms with Gasteiger partial charge >= 0.3 is 0 Å².